The Morgan fingerprint density at radius 2 is 1.69 bits per heavy atom. The van der Waals surface area contributed by atoms with E-state index < -0.39 is 61.6 Å². The van der Waals surface area contributed by atoms with Gasteiger partial charge in [0.05, 0.1) is 59.3 Å². The standard InChI is InChI=1S/C34H56IN3O9Si2/c1-31(2,3)28(22-15-25(44-10)23(35)16-24(22)38(42)43)45-19-21-18-37(30(40)36-29(21)39)27-17-34(41,48(11,12)32(4,5)6)26(47-27)20-46-49(13,14)33(7,8)9/h15-16,18,26-28,41H,17,19-20H2,1-14H3,(H,36,39,40)/t26-,27-,28-,34-/m1/s1. The lowest BCUT2D eigenvalue weighted by molar-refractivity contribution is -0.386. The van der Waals surface area contributed by atoms with Crippen LogP contribution in [-0.2, 0) is 20.5 Å². The zero-order valence-corrected chi connectivity index (χ0v) is 35.7. The lowest BCUT2D eigenvalue weighted by Crippen LogP contribution is -2.65. The van der Waals surface area contributed by atoms with Crippen LogP contribution in [0.15, 0.2) is 27.9 Å². The minimum Gasteiger partial charge on any atom is -0.496 e. The first-order chi connectivity index (χ1) is 22.1. The Hall–Kier alpha value is -1.90. The Morgan fingerprint density at radius 1 is 1.10 bits per heavy atom. The topological polar surface area (TPSA) is 155 Å². The second kappa shape index (κ2) is 14.3. The first-order valence-corrected chi connectivity index (χ1v) is 23.6. The molecule has 1 fully saturated rings. The summed E-state index contributed by atoms with van der Waals surface area (Å²) in [6.45, 7) is 27.0. The van der Waals surface area contributed by atoms with Crippen molar-refractivity contribution in [2.24, 2.45) is 5.41 Å². The van der Waals surface area contributed by atoms with Gasteiger partial charge in [0.15, 0.2) is 8.32 Å². The van der Waals surface area contributed by atoms with Gasteiger partial charge in [0, 0.05) is 18.7 Å². The van der Waals surface area contributed by atoms with Crippen molar-refractivity contribution in [2.75, 3.05) is 13.7 Å². The Balaban J connectivity index is 2.05. The molecule has 0 bridgehead atoms. The van der Waals surface area contributed by atoms with Crippen LogP contribution in [0.5, 0.6) is 5.75 Å². The van der Waals surface area contributed by atoms with Gasteiger partial charge in [-0.1, -0.05) is 75.4 Å². The molecule has 2 aromatic rings. The average molecular weight is 834 g/mol. The monoisotopic (exact) mass is 833 g/mol. The average Bonchev–Trinajstić information content (AvgIpc) is 3.29. The van der Waals surface area contributed by atoms with Crippen LogP contribution in [0.25, 0.3) is 0 Å². The number of methoxy groups -OCH3 is 1. The van der Waals surface area contributed by atoms with Gasteiger partial charge >= 0.3 is 5.69 Å². The summed E-state index contributed by atoms with van der Waals surface area (Å²) in [5.41, 5.74) is -1.63. The molecule has 0 amide bonds. The van der Waals surface area contributed by atoms with Gasteiger partial charge in [0.25, 0.3) is 11.2 Å². The third-order valence-corrected chi connectivity index (χ3v) is 22.8. The first kappa shape index (κ1) is 41.5. The largest absolute Gasteiger partial charge is 0.496 e. The summed E-state index contributed by atoms with van der Waals surface area (Å²) < 4.78 is 26.8. The van der Waals surface area contributed by atoms with Crippen LogP contribution in [0.1, 0.15) is 92.2 Å². The highest BCUT2D eigenvalue weighted by atomic mass is 127. The van der Waals surface area contributed by atoms with Crippen LogP contribution in [-0.4, -0.2) is 61.0 Å². The van der Waals surface area contributed by atoms with Crippen LogP contribution in [0, 0.1) is 19.1 Å². The number of H-pyrrole nitrogens is 1. The van der Waals surface area contributed by atoms with E-state index in [0.717, 1.165) is 0 Å². The van der Waals surface area contributed by atoms with E-state index in [2.05, 4.69) is 72.7 Å². The zero-order chi connectivity index (χ0) is 37.7. The fourth-order valence-electron chi connectivity index (χ4n) is 5.80. The number of nitrogens with one attached hydrogen (secondary N) is 1. The Labute approximate surface area is 305 Å². The van der Waals surface area contributed by atoms with E-state index >= 15 is 0 Å². The van der Waals surface area contributed by atoms with Crippen LogP contribution >= 0.6 is 22.6 Å². The molecule has 2 N–H and O–H groups in total. The molecule has 1 saturated heterocycles. The molecule has 1 aromatic heterocycles. The molecule has 2 heterocycles. The summed E-state index contributed by atoms with van der Waals surface area (Å²) in [5, 5.41) is 23.1. The summed E-state index contributed by atoms with van der Waals surface area (Å²) >= 11 is 1.98. The predicted octanol–water partition coefficient (Wildman–Crippen LogP) is 7.45. The van der Waals surface area contributed by atoms with E-state index in [1.807, 2.05) is 43.4 Å². The molecule has 15 heteroatoms. The third-order valence-electron chi connectivity index (χ3n) is 11.0. The molecular weight excluding hydrogens is 777 g/mol. The molecule has 3 rings (SSSR count). The van der Waals surface area contributed by atoms with Crippen molar-refractivity contribution < 1.29 is 28.7 Å². The molecular formula is C34H56IN3O9Si2. The fourth-order valence-corrected chi connectivity index (χ4v) is 10.4. The van der Waals surface area contributed by atoms with E-state index in [9.17, 15) is 24.8 Å². The number of hydrogen-bond acceptors (Lipinski definition) is 9. The van der Waals surface area contributed by atoms with Crippen molar-refractivity contribution in [3.05, 3.63) is 64.0 Å². The first-order valence-electron chi connectivity index (χ1n) is 16.6. The summed E-state index contributed by atoms with van der Waals surface area (Å²) in [4.78, 5) is 40.5. The maximum Gasteiger partial charge on any atom is 0.330 e. The molecule has 0 radical (unpaired) electrons. The minimum atomic E-state index is -2.55. The quantitative estimate of drug-likeness (QED) is 0.102. The Morgan fingerprint density at radius 3 is 2.18 bits per heavy atom. The van der Waals surface area contributed by atoms with Gasteiger partial charge in [0.1, 0.15) is 18.1 Å². The van der Waals surface area contributed by atoms with E-state index in [1.54, 1.807) is 6.07 Å². The van der Waals surface area contributed by atoms with Crippen molar-refractivity contribution in [1.82, 2.24) is 9.55 Å². The SMILES string of the molecule is COc1cc([C@@H](OCc2cn([C@H]3C[C@@](O)([Si](C)(C)C(C)(C)C)[C@@H](CO[Si](C)(C)C(C)(C)C)O3)c(=O)[nH]c2=O)C(C)(C)C)c([N+](=O)[O-])cc1I. The number of ether oxygens (including phenoxy) is 3. The molecule has 4 atom stereocenters. The van der Waals surface area contributed by atoms with Gasteiger partial charge in [-0.15, -0.1) is 0 Å². The lowest BCUT2D eigenvalue weighted by Gasteiger charge is -2.49. The van der Waals surface area contributed by atoms with Gasteiger partial charge in [-0.2, -0.15) is 0 Å². The molecule has 0 unspecified atom stereocenters. The molecule has 0 spiro atoms. The third kappa shape index (κ3) is 8.44. The highest BCUT2D eigenvalue weighted by Gasteiger charge is 2.62. The number of aromatic amines is 1. The van der Waals surface area contributed by atoms with Crippen molar-refractivity contribution in [1.29, 1.82) is 0 Å². The van der Waals surface area contributed by atoms with E-state index in [-0.39, 0.29) is 41.0 Å². The minimum absolute atomic E-state index is 0.0560. The number of rotatable bonds is 11. The van der Waals surface area contributed by atoms with E-state index in [1.165, 1.54) is 23.9 Å². The Kier molecular flexibility index (Phi) is 12.1. The number of hydrogen-bond donors (Lipinski definition) is 2. The van der Waals surface area contributed by atoms with E-state index in [0.29, 0.717) is 14.9 Å². The second-order valence-corrected chi connectivity index (χ2v) is 28.9. The lowest BCUT2D eigenvalue weighted by atomic mass is 9.83. The predicted molar refractivity (Wildman–Crippen MR) is 204 cm³/mol. The van der Waals surface area contributed by atoms with Crippen LogP contribution in [0.3, 0.4) is 0 Å². The molecule has 49 heavy (non-hydrogen) atoms. The number of nitro benzene ring substituents is 1. The number of aliphatic hydroxyl groups is 1. The smallest absolute Gasteiger partial charge is 0.330 e. The van der Waals surface area contributed by atoms with Gasteiger partial charge in [0.2, 0.25) is 0 Å². The summed E-state index contributed by atoms with van der Waals surface area (Å²) in [5.74, 6) is 0.463. The Bertz CT molecular complexity index is 1650. The fraction of sp³-hybridized carbons (Fsp3) is 0.706. The van der Waals surface area contributed by atoms with Gasteiger partial charge in [-0.25, -0.2) is 4.79 Å². The van der Waals surface area contributed by atoms with Crippen molar-refractivity contribution >= 4 is 44.7 Å². The molecule has 1 aliphatic heterocycles. The molecule has 0 saturated carbocycles. The number of benzene rings is 1. The molecule has 1 aromatic carbocycles. The van der Waals surface area contributed by atoms with E-state index in [4.69, 9.17) is 18.6 Å². The second-order valence-electron chi connectivity index (χ2n) is 17.3. The van der Waals surface area contributed by atoms with Crippen LogP contribution < -0.4 is 16.0 Å². The number of nitro groups is 1. The maximum absolute atomic E-state index is 13.3. The van der Waals surface area contributed by atoms with Crippen molar-refractivity contribution in [3.63, 3.8) is 0 Å². The summed E-state index contributed by atoms with van der Waals surface area (Å²) in [7, 11) is -3.27. The number of aromatic nitrogens is 2. The zero-order valence-electron chi connectivity index (χ0n) is 31.6. The molecule has 1 aliphatic rings. The summed E-state index contributed by atoms with van der Waals surface area (Å²) in [6, 6.07) is 3.04. The summed E-state index contributed by atoms with van der Waals surface area (Å²) in [6.07, 6.45) is -0.845. The number of halogens is 1. The normalized spacial score (nSPS) is 21.6. The van der Waals surface area contributed by atoms with Crippen molar-refractivity contribution in [2.45, 2.75) is 135 Å². The highest BCUT2D eigenvalue weighted by Crippen LogP contribution is 2.52. The van der Waals surface area contributed by atoms with Gasteiger partial charge in [-0.05, 0) is 57.2 Å². The van der Waals surface area contributed by atoms with Crippen LogP contribution in [0.4, 0.5) is 5.69 Å². The molecule has 276 valence electrons. The van der Waals surface area contributed by atoms with Crippen molar-refractivity contribution in [3.8, 4) is 5.75 Å². The van der Waals surface area contributed by atoms with Gasteiger partial charge in [-0.3, -0.25) is 24.5 Å². The highest BCUT2D eigenvalue weighted by molar-refractivity contribution is 14.1. The number of nitrogens with zero attached hydrogens (tertiary/aromatic N) is 2. The van der Waals surface area contributed by atoms with Gasteiger partial charge < -0.3 is 23.7 Å². The molecule has 0 aliphatic carbocycles. The maximum atomic E-state index is 13.3. The molecule has 12 nitrogen and oxygen atoms in total. The van der Waals surface area contributed by atoms with Crippen LogP contribution in [0.2, 0.25) is 36.3 Å².